The van der Waals surface area contributed by atoms with Crippen LogP contribution < -0.4 is 0 Å². The summed E-state index contributed by atoms with van der Waals surface area (Å²) in [5.41, 5.74) is 0. The molecule has 1 aromatic rings. The molecule has 6 heteroatoms. The number of ketones is 2. The molecule has 0 atom stereocenters. The third-order valence-corrected chi connectivity index (χ3v) is 3.34. The molecule has 2 nitrogen and oxygen atoms in total. The predicted octanol–water partition coefficient (Wildman–Crippen LogP) is 1.45. The van der Waals surface area contributed by atoms with Crippen LogP contribution in [0.3, 0.4) is 0 Å². The second-order valence-corrected chi connectivity index (χ2v) is 4.49. The van der Waals surface area contributed by atoms with Gasteiger partial charge < -0.3 is 0 Å². The van der Waals surface area contributed by atoms with Gasteiger partial charge in [-0.2, -0.15) is 0 Å². The van der Waals surface area contributed by atoms with Crippen LogP contribution in [0.2, 0.25) is 0 Å². The predicted molar refractivity (Wildman–Crippen MR) is 43.4 cm³/mol. The zero-order valence-electron chi connectivity index (χ0n) is 6.80. The summed E-state index contributed by atoms with van der Waals surface area (Å²) in [4.78, 5) is 23.2. The molecule has 76 valence electrons. The van der Waals surface area contributed by atoms with E-state index in [4.69, 9.17) is 0 Å². The van der Waals surface area contributed by atoms with Crippen molar-refractivity contribution in [3.05, 3.63) is 21.5 Å². The van der Waals surface area contributed by atoms with Gasteiger partial charge in [0.05, 0.1) is 0 Å². The molecule has 0 saturated carbocycles. The summed E-state index contributed by atoms with van der Waals surface area (Å²) in [6, 6.07) is 3.05. The fourth-order valence-corrected chi connectivity index (χ4v) is 2.16. The molecule has 14 heavy (non-hydrogen) atoms. The van der Waals surface area contributed by atoms with Crippen LogP contribution in [0, 0.1) is 0 Å². The Labute approximate surface area is 83.5 Å². The Morgan fingerprint density at radius 2 is 2.00 bits per heavy atom. The summed E-state index contributed by atoms with van der Waals surface area (Å²) in [5.74, 6) is -2.71. The van der Waals surface area contributed by atoms with Crippen molar-refractivity contribution in [3.8, 4) is 0 Å². The van der Waals surface area contributed by atoms with Crippen molar-refractivity contribution in [2.24, 2.45) is 0 Å². The van der Waals surface area contributed by atoms with E-state index in [0.29, 0.717) is 4.44 Å². The molecular weight excluding hydrogens is 264 g/mol. The number of halogens is 3. The summed E-state index contributed by atoms with van der Waals surface area (Å²) in [6.45, 7) is 0. The normalized spacial score (nSPS) is 11.4. The third kappa shape index (κ3) is 2.82. The molecule has 1 aromatic heterocycles. The first kappa shape index (κ1) is 11.2. The van der Waals surface area contributed by atoms with Crippen molar-refractivity contribution in [2.75, 3.05) is 0 Å². The van der Waals surface area contributed by atoms with E-state index in [9.17, 15) is 22.8 Å². The van der Waals surface area contributed by atoms with Gasteiger partial charge in [-0.25, -0.2) is 0 Å². The Hall–Kier alpha value is -0.871. The molecular formula is C8H5F3O2Se. The van der Waals surface area contributed by atoms with E-state index in [-0.39, 0.29) is 14.5 Å². The Balaban J connectivity index is 2.63. The van der Waals surface area contributed by atoms with Gasteiger partial charge >= 0.3 is 82.9 Å². The monoisotopic (exact) mass is 270 g/mol. The number of Topliss-reactive ketones (excluding diaryl/α,β-unsaturated/α-hetero) is 2. The van der Waals surface area contributed by atoms with Crippen molar-refractivity contribution in [1.29, 1.82) is 0 Å². The van der Waals surface area contributed by atoms with Gasteiger partial charge in [-0.15, -0.1) is 0 Å². The molecule has 1 rings (SSSR count). The number of rotatable bonds is 3. The molecule has 0 aromatic carbocycles. The summed E-state index contributed by atoms with van der Waals surface area (Å²) in [5, 5.41) is 0. The van der Waals surface area contributed by atoms with E-state index in [1.54, 1.807) is 11.0 Å². The van der Waals surface area contributed by atoms with Gasteiger partial charge in [0.15, 0.2) is 0 Å². The van der Waals surface area contributed by atoms with Crippen LogP contribution in [0.25, 0.3) is 0 Å². The van der Waals surface area contributed by atoms with E-state index in [2.05, 4.69) is 0 Å². The van der Waals surface area contributed by atoms with Crippen LogP contribution in [0.1, 0.15) is 15.7 Å². The third-order valence-electron chi connectivity index (χ3n) is 1.43. The Morgan fingerprint density at radius 3 is 2.43 bits per heavy atom. The molecule has 0 saturated heterocycles. The van der Waals surface area contributed by atoms with Gasteiger partial charge in [0.25, 0.3) is 0 Å². The van der Waals surface area contributed by atoms with E-state index in [1.807, 2.05) is 0 Å². The van der Waals surface area contributed by atoms with Gasteiger partial charge in [-0.1, -0.05) is 0 Å². The van der Waals surface area contributed by atoms with Crippen molar-refractivity contribution < 1.29 is 22.8 Å². The topological polar surface area (TPSA) is 34.1 Å². The molecule has 0 unspecified atom stereocenters. The number of alkyl halides is 3. The van der Waals surface area contributed by atoms with Gasteiger partial charge in [0.1, 0.15) is 0 Å². The van der Waals surface area contributed by atoms with E-state index in [0.717, 1.165) is 0 Å². The maximum absolute atomic E-state index is 11.8. The molecule has 0 amide bonds. The first-order valence-corrected chi connectivity index (χ1v) is 5.42. The van der Waals surface area contributed by atoms with Crippen LogP contribution in [0.4, 0.5) is 13.2 Å². The van der Waals surface area contributed by atoms with Crippen LogP contribution in [-0.4, -0.2) is 32.2 Å². The Kier molecular flexibility index (Phi) is 3.29. The standard InChI is InChI=1S/C8H5F3O2Se/c9-8(10,11)7(13)4-5(12)6-2-1-3-14-6/h1-3H,4H2. The number of hydrogen-bond donors (Lipinski definition) is 0. The Morgan fingerprint density at radius 1 is 1.36 bits per heavy atom. The fourth-order valence-electron chi connectivity index (χ4n) is 0.770. The zero-order valence-corrected chi connectivity index (χ0v) is 8.51. The Bertz CT molecular complexity index is 340. The van der Waals surface area contributed by atoms with Crippen molar-refractivity contribution in [2.45, 2.75) is 12.6 Å². The molecule has 0 aliphatic carbocycles. The molecule has 0 fully saturated rings. The van der Waals surface area contributed by atoms with Crippen molar-refractivity contribution in [3.63, 3.8) is 0 Å². The molecule has 0 N–H and O–H groups in total. The average Bonchev–Trinajstić information content (AvgIpc) is 2.53. The average molecular weight is 269 g/mol. The zero-order chi connectivity index (χ0) is 10.8. The van der Waals surface area contributed by atoms with Crippen LogP contribution in [-0.2, 0) is 4.79 Å². The molecule has 0 radical (unpaired) electrons. The molecule has 0 bridgehead atoms. The minimum absolute atomic E-state index is 0.219. The number of carbonyl (C=O) groups is 2. The number of carbonyl (C=O) groups excluding carboxylic acids is 2. The SMILES string of the molecule is O=C(CC(=O)C(F)(F)F)c1ccc[se]1. The quantitative estimate of drug-likeness (QED) is 0.473. The summed E-state index contributed by atoms with van der Waals surface area (Å²) < 4.78 is 35.6. The van der Waals surface area contributed by atoms with Gasteiger partial charge in [0, 0.05) is 0 Å². The van der Waals surface area contributed by atoms with E-state index < -0.39 is 24.2 Å². The summed E-state index contributed by atoms with van der Waals surface area (Å²) in [7, 11) is 0. The number of hydrogen-bond acceptors (Lipinski definition) is 2. The first-order valence-electron chi connectivity index (χ1n) is 3.58. The maximum atomic E-state index is 11.8. The molecule has 0 spiro atoms. The van der Waals surface area contributed by atoms with Gasteiger partial charge in [-0.05, 0) is 0 Å². The molecule has 0 aliphatic rings. The van der Waals surface area contributed by atoms with Gasteiger partial charge in [-0.3, -0.25) is 0 Å². The minimum atomic E-state index is -4.91. The van der Waals surface area contributed by atoms with Crippen molar-refractivity contribution in [1.82, 2.24) is 0 Å². The van der Waals surface area contributed by atoms with Crippen LogP contribution in [0.5, 0.6) is 0 Å². The van der Waals surface area contributed by atoms with Crippen LogP contribution >= 0.6 is 0 Å². The van der Waals surface area contributed by atoms with E-state index >= 15 is 0 Å². The molecule has 0 aliphatic heterocycles. The second-order valence-electron chi connectivity index (χ2n) is 2.50. The van der Waals surface area contributed by atoms with Crippen molar-refractivity contribution >= 4 is 26.1 Å². The summed E-state index contributed by atoms with van der Waals surface area (Å²) >= 11 is -0.219. The second kappa shape index (κ2) is 4.11. The van der Waals surface area contributed by atoms with E-state index in [1.165, 1.54) is 6.07 Å². The summed E-state index contributed by atoms with van der Waals surface area (Å²) in [6.07, 6.45) is -5.98. The van der Waals surface area contributed by atoms with Crippen LogP contribution in [0.15, 0.2) is 17.1 Å². The fraction of sp³-hybridized carbons (Fsp3) is 0.250. The molecule has 1 heterocycles. The first-order chi connectivity index (χ1) is 6.41. The van der Waals surface area contributed by atoms with Gasteiger partial charge in [0.2, 0.25) is 0 Å².